The predicted octanol–water partition coefficient (Wildman–Crippen LogP) is 4.37. The number of halogens is 1. The Morgan fingerprint density at radius 2 is 1.84 bits per heavy atom. The van der Waals surface area contributed by atoms with Crippen molar-refractivity contribution in [2.75, 3.05) is 36.4 Å². The summed E-state index contributed by atoms with van der Waals surface area (Å²) >= 11 is 6.36. The van der Waals surface area contributed by atoms with Gasteiger partial charge in [0.15, 0.2) is 0 Å². The fourth-order valence-corrected chi connectivity index (χ4v) is 4.16. The molecule has 2 aromatic carbocycles. The summed E-state index contributed by atoms with van der Waals surface area (Å²) < 4.78 is 0. The number of rotatable bonds is 4. The number of nitrogens with zero attached hydrogens (tertiary/aromatic N) is 5. The van der Waals surface area contributed by atoms with Crippen molar-refractivity contribution >= 4 is 39.7 Å². The standard InChI is InChI=1S/C24H20ClN7/c25-19-5-1-2-6-20(19)31-24-18-13-23(32-10-8-27-9-11-32)17(12-21(18)29-15-30-24)16-4-3-7-28-22(16)14-26/h1-7,12-13,15,27H,8-11H2,(H,29,30,31). The molecule has 7 nitrogen and oxygen atoms in total. The van der Waals surface area contributed by atoms with Crippen LogP contribution in [0.25, 0.3) is 22.0 Å². The molecule has 4 aromatic rings. The zero-order chi connectivity index (χ0) is 21.9. The van der Waals surface area contributed by atoms with E-state index in [0.29, 0.717) is 16.5 Å². The van der Waals surface area contributed by atoms with Crippen LogP contribution in [0.15, 0.2) is 61.1 Å². The Balaban J connectivity index is 1.70. The minimum atomic E-state index is 0.395. The van der Waals surface area contributed by atoms with Crippen LogP contribution in [0, 0.1) is 11.3 Å². The maximum absolute atomic E-state index is 9.64. The van der Waals surface area contributed by atoms with Gasteiger partial charge in [-0.1, -0.05) is 23.7 Å². The average Bonchev–Trinajstić information content (AvgIpc) is 2.85. The highest BCUT2D eigenvalue weighted by atomic mass is 35.5. The van der Waals surface area contributed by atoms with Gasteiger partial charge in [0, 0.05) is 54.6 Å². The van der Waals surface area contributed by atoms with Crippen molar-refractivity contribution in [1.29, 1.82) is 5.26 Å². The smallest absolute Gasteiger partial charge is 0.148 e. The Kier molecular flexibility index (Phi) is 5.55. The monoisotopic (exact) mass is 441 g/mol. The Labute approximate surface area is 190 Å². The first-order chi connectivity index (χ1) is 15.7. The second-order valence-corrected chi connectivity index (χ2v) is 7.87. The quantitative estimate of drug-likeness (QED) is 0.486. The second-order valence-electron chi connectivity index (χ2n) is 7.46. The third-order valence-corrected chi connectivity index (χ3v) is 5.87. The summed E-state index contributed by atoms with van der Waals surface area (Å²) in [6, 6.07) is 17.7. The van der Waals surface area contributed by atoms with Crippen LogP contribution in [-0.4, -0.2) is 41.1 Å². The van der Waals surface area contributed by atoms with Crippen LogP contribution in [-0.2, 0) is 0 Å². The number of pyridine rings is 1. The molecule has 1 fully saturated rings. The summed E-state index contributed by atoms with van der Waals surface area (Å²) in [6.07, 6.45) is 3.17. The summed E-state index contributed by atoms with van der Waals surface area (Å²) in [5, 5.41) is 17.9. The number of fused-ring (bicyclic) bond motifs is 1. The molecule has 0 unspecified atom stereocenters. The number of para-hydroxylation sites is 1. The first-order valence-corrected chi connectivity index (χ1v) is 10.7. The fourth-order valence-electron chi connectivity index (χ4n) is 3.98. The predicted molar refractivity (Wildman–Crippen MR) is 127 cm³/mol. The van der Waals surface area contributed by atoms with E-state index in [4.69, 9.17) is 11.6 Å². The van der Waals surface area contributed by atoms with E-state index in [0.717, 1.165) is 59.6 Å². The summed E-state index contributed by atoms with van der Waals surface area (Å²) in [5.74, 6) is 0.678. The molecule has 0 saturated carbocycles. The number of hydrogen-bond donors (Lipinski definition) is 2. The summed E-state index contributed by atoms with van der Waals surface area (Å²) in [4.78, 5) is 15.6. The number of hydrogen-bond acceptors (Lipinski definition) is 7. The van der Waals surface area contributed by atoms with E-state index < -0.39 is 0 Å². The van der Waals surface area contributed by atoms with E-state index in [2.05, 4.69) is 42.6 Å². The lowest BCUT2D eigenvalue weighted by atomic mass is 9.99. The SMILES string of the molecule is N#Cc1ncccc1-c1cc2ncnc(Nc3ccccc3Cl)c2cc1N1CCNCC1. The van der Waals surface area contributed by atoms with Crippen LogP contribution in [0.4, 0.5) is 17.2 Å². The van der Waals surface area contributed by atoms with Gasteiger partial charge in [0.1, 0.15) is 23.9 Å². The van der Waals surface area contributed by atoms with Gasteiger partial charge in [0.05, 0.1) is 16.2 Å². The lowest BCUT2D eigenvalue weighted by Gasteiger charge is -2.31. The molecule has 0 aliphatic carbocycles. The van der Waals surface area contributed by atoms with E-state index in [9.17, 15) is 5.26 Å². The molecular formula is C24H20ClN7. The minimum Gasteiger partial charge on any atom is -0.368 e. The maximum atomic E-state index is 9.64. The average molecular weight is 442 g/mol. The van der Waals surface area contributed by atoms with Crippen LogP contribution in [0.2, 0.25) is 5.02 Å². The first-order valence-electron chi connectivity index (χ1n) is 10.4. The fraction of sp³-hybridized carbons (Fsp3) is 0.167. The van der Waals surface area contributed by atoms with Gasteiger partial charge in [-0.3, -0.25) is 0 Å². The highest BCUT2D eigenvalue weighted by molar-refractivity contribution is 6.33. The number of anilines is 3. The van der Waals surface area contributed by atoms with Gasteiger partial charge >= 0.3 is 0 Å². The zero-order valence-electron chi connectivity index (χ0n) is 17.2. The molecule has 3 heterocycles. The molecule has 2 N–H and O–H groups in total. The molecule has 0 amide bonds. The summed E-state index contributed by atoms with van der Waals surface area (Å²) in [6.45, 7) is 3.51. The van der Waals surface area contributed by atoms with Crippen LogP contribution in [0.5, 0.6) is 0 Å². The van der Waals surface area contributed by atoms with Crippen molar-refractivity contribution in [2.24, 2.45) is 0 Å². The molecule has 5 rings (SSSR count). The molecule has 1 aliphatic heterocycles. The number of piperazine rings is 1. The third kappa shape index (κ3) is 3.82. The van der Waals surface area contributed by atoms with Crippen molar-refractivity contribution in [2.45, 2.75) is 0 Å². The van der Waals surface area contributed by atoms with E-state index in [1.807, 2.05) is 42.5 Å². The Hall–Kier alpha value is -3.73. The normalized spacial score (nSPS) is 13.7. The molecule has 2 aromatic heterocycles. The second kappa shape index (κ2) is 8.79. The first kappa shape index (κ1) is 20.2. The van der Waals surface area contributed by atoms with E-state index in [1.165, 1.54) is 6.33 Å². The van der Waals surface area contributed by atoms with Crippen molar-refractivity contribution in [1.82, 2.24) is 20.3 Å². The number of benzene rings is 2. The minimum absolute atomic E-state index is 0.395. The van der Waals surface area contributed by atoms with Crippen molar-refractivity contribution < 1.29 is 0 Å². The molecule has 1 aliphatic rings. The van der Waals surface area contributed by atoms with Crippen LogP contribution >= 0.6 is 11.6 Å². The van der Waals surface area contributed by atoms with Gasteiger partial charge in [-0.25, -0.2) is 15.0 Å². The molecule has 0 radical (unpaired) electrons. The van der Waals surface area contributed by atoms with Gasteiger partial charge in [-0.05, 0) is 36.4 Å². The van der Waals surface area contributed by atoms with Crippen molar-refractivity contribution in [3.05, 3.63) is 71.8 Å². The maximum Gasteiger partial charge on any atom is 0.148 e. The highest BCUT2D eigenvalue weighted by Gasteiger charge is 2.20. The molecule has 8 heteroatoms. The van der Waals surface area contributed by atoms with Gasteiger partial charge in [-0.15, -0.1) is 0 Å². The van der Waals surface area contributed by atoms with Gasteiger partial charge in [0.25, 0.3) is 0 Å². The summed E-state index contributed by atoms with van der Waals surface area (Å²) in [7, 11) is 0. The molecular weight excluding hydrogens is 422 g/mol. The van der Waals surface area contributed by atoms with Crippen LogP contribution in [0.3, 0.4) is 0 Å². The Morgan fingerprint density at radius 1 is 1.00 bits per heavy atom. The number of nitrogens with one attached hydrogen (secondary N) is 2. The largest absolute Gasteiger partial charge is 0.368 e. The van der Waals surface area contributed by atoms with Gasteiger partial charge in [0.2, 0.25) is 0 Å². The van der Waals surface area contributed by atoms with Crippen LogP contribution < -0.4 is 15.5 Å². The molecule has 0 spiro atoms. The van der Waals surface area contributed by atoms with Crippen molar-refractivity contribution in [3.63, 3.8) is 0 Å². The van der Waals surface area contributed by atoms with Gasteiger partial charge < -0.3 is 15.5 Å². The van der Waals surface area contributed by atoms with Crippen molar-refractivity contribution in [3.8, 4) is 17.2 Å². The van der Waals surface area contributed by atoms with E-state index >= 15 is 0 Å². The highest BCUT2D eigenvalue weighted by Crippen LogP contribution is 2.38. The number of aromatic nitrogens is 3. The molecule has 158 valence electrons. The van der Waals surface area contributed by atoms with Gasteiger partial charge in [-0.2, -0.15) is 5.26 Å². The zero-order valence-corrected chi connectivity index (χ0v) is 18.0. The lowest BCUT2D eigenvalue weighted by molar-refractivity contribution is 0.590. The molecule has 0 bridgehead atoms. The van der Waals surface area contributed by atoms with E-state index in [-0.39, 0.29) is 0 Å². The molecule has 32 heavy (non-hydrogen) atoms. The van der Waals surface area contributed by atoms with E-state index in [1.54, 1.807) is 6.20 Å². The number of nitriles is 1. The lowest BCUT2D eigenvalue weighted by Crippen LogP contribution is -2.43. The third-order valence-electron chi connectivity index (χ3n) is 5.54. The summed E-state index contributed by atoms with van der Waals surface area (Å²) in [5.41, 5.74) is 4.71. The molecule has 1 saturated heterocycles. The topological polar surface area (TPSA) is 89.8 Å². The van der Waals surface area contributed by atoms with Crippen LogP contribution in [0.1, 0.15) is 5.69 Å². The Bertz CT molecular complexity index is 1330. The Morgan fingerprint density at radius 3 is 2.66 bits per heavy atom. The molecule has 0 atom stereocenters.